The number of thioether (sulfide) groups is 1. The molecule has 24 heavy (non-hydrogen) atoms. The van der Waals surface area contributed by atoms with Crippen LogP contribution in [0.5, 0.6) is 0 Å². The highest BCUT2D eigenvalue weighted by atomic mass is 32.2. The van der Waals surface area contributed by atoms with Gasteiger partial charge in [0.15, 0.2) is 5.16 Å². The van der Waals surface area contributed by atoms with E-state index in [1.807, 2.05) is 45.0 Å². The highest BCUT2D eigenvalue weighted by Crippen LogP contribution is 2.16. The number of hydrogen-bond acceptors (Lipinski definition) is 5. The average molecular weight is 342 g/mol. The van der Waals surface area contributed by atoms with Crippen LogP contribution < -0.4 is 10.9 Å². The van der Waals surface area contributed by atoms with Gasteiger partial charge in [-0.3, -0.25) is 9.59 Å². The molecule has 2 rings (SSSR count). The maximum atomic E-state index is 12.0. The first-order chi connectivity index (χ1) is 11.4. The normalized spacial score (nSPS) is 10.2. The molecule has 6 nitrogen and oxygen atoms in total. The molecule has 0 aliphatic heterocycles. The zero-order valence-corrected chi connectivity index (χ0v) is 14.6. The fraction of sp³-hybridized carbons (Fsp3) is 0.294. The van der Waals surface area contributed by atoms with Crippen molar-refractivity contribution in [3.63, 3.8) is 0 Å². The van der Waals surface area contributed by atoms with Crippen LogP contribution >= 0.6 is 11.8 Å². The van der Waals surface area contributed by atoms with E-state index in [2.05, 4.69) is 15.3 Å². The first kappa shape index (κ1) is 17.8. The smallest absolute Gasteiger partial charge is 0.269 e. The number of aryl methyl sites for hydroxylation is 3. The van der Waals surface area contributed by atoms with Crippen LogP contribution in [0.15, 0.2) is 28.2 Å². The number of amides is 1. The molecule has 0 unspecified atom stereocenters. The van der Waals surface area contributed by atoms with Gasteiger partial charge >= 0.3 is 0 Å². The van der Waals surface area contributed by atoms with Crippen molar-refractivity contribution in [3.8, 4) is 6.07 Å². The molecule has 1 amide bonds. The van der Waals surface area contributed by atoms with Crippen LogP contribution in [0.1, 0.15) is 29.3 Å². The molecule has 0 spiro atoms. The number of aromatic nitrogens is 2. The number of hydrogen-bond donors (Lipinski definition) is 2. The van der Waals surface area contributed by atoms with E-state index in [0.29, 0.717) is 17.3 Å². The largest absolute Gasteiger partial charge is 0.325 e. The standard InChI is InChI=1S/C17H18N4O2S/c1-4-14-13(8-18)16(23)21-17(20-14)24-9-15(22)19-12-6-5-10(2)11(3)7-12/h5-7H,4,9H2,1-3H3,(H,19,22)(H,20,21,23). The molecule has 7 heteroatoms. The van der Waals surface area contributed by atoms with Gasteiger partial charge in [0.1, 0.15) is 11.6 Å². The molecule has 0 aliphatic rings. The third-order valence-corrected chi connectivity index (χ3v) is 4.42. The molecule has 1 aromatic carbocycles. The Hall–Kier alpha value is -2.59. The van der Waals surface area contributed by atoms with Crippen molar-refractivity contribution in [2.45, 2.75) is 32.3 Å². The Morgan fingerprint density at radius 3 is 2.75 bits per heavy atom. The second-order valence-corrected chi connectivity index (χ2v) is 6.26. The zero-order chi connectivity index (χ0) is 17.7. The SMILES string of the molecule is CCc1nc(SCC(=O)Nc2ccc(C)c(C)c2)[nH]c(=O)c1C#N. The maximum Gasteiger partial charge on any atom is 0.269 e. The fourth-order valence-corrected chi connectivity index (χ4v) is 2.77. The summed E-state index contributed by atoms with van der Waals surface area (Å²) in [5, 5.41) is 12.1. The van der Waals surface area contributed by atoms with E-state index in [0.717, 1.165) is 28.6 Å². The second-order valence-electron chi connectivity index (χ2n) is 5.29. The van der Waals surface area contributed by atoms with E-state index >= 15 is 0 Å². The monoisotopic (exact) mass is 342 g/mol. The molecule has 0 bridgehead atoms. The minimum Gasteiger partial charge on any atom is -0.325 e. The summed E-state index contributed by atoms with van der Waals surface area (Å²) in [5.74, 6) is -0.0708. The fourth-order valence-electron chi connectivity index (χ4n) is 2.09. The number of rotatable bonds is 5. The Balaban J connectivity index is 2.04. The van der Waals surface area contributed by atoms with Crippen LogP contribution in [0.2, 0.25) is 0 Å². The molecule has 1 aromatic heterocycles. The molecule has 0 aliphatic carbocycles. The first-order valence-electron chi connectivity index (χ1n) is 7.47. The van der Waals surface area contributed by atoms with E-state index in [1.165, 1.54) is 0 Å². The highest BCUT2D eigenvalue weighted by molar-refractivity contribution is 7.99. The molecule has 2 N–H and O–H groups in total. The number of nitriles is 1. The molecule has 0 saturated heterocycles. The van der Waals surface area contributed by atoms with Gasteiger partial charge in [-0.05, 0) is 43.5 Å². The number of anilines is 1. The number of carbonyl (C=O) groups excluding carboxylic acids is 1. The van der Waals surface area contributed by atoms with Crippen molar-refractivity contribution in [1.29, 1.82) is 5.26 Å². The van der Waals surface area contributed by atoms with Crippen LogP contribution in [0, 0.1) is 25.2 Å². The quantitative estimate of drug-likeness (QED) is 0.643. The van der Waals surface area contributed by atoms with Crippen LogP contribution in [-0.2, 0) is 11.2 Å². The summed E-state index contributed by atoms with van der Waals surface area (Å²) < 4.78 is 0. The van der Waals surface area contributed by atoms with Gasteiger partial charge in [0.2, 0.25) is 5.91 Å². The maximum absolute atomic E-state index is 12.0. The molecule has 1 heterocycles. The molecular weight excluding hydrogens is 324 g/mol. The van der Waals surface area contributed by atoms with Crippen molar-refractivity contribution in [1.82, 2.24) is 9.97 Å². The van der Waals surface area contributed by atoms with Crippen molar-refractivity contribution in [2.75, 3.05) is 11.1 Å². The lowest BCUT2D eigenvalue weighted by Gasteiger charge is -2.08. The summed E-state index contributed by atoms with van der Waals surface area (Å²) in [5.41, 5.74) is 3.00. The van der Waals surface area contributed by atoms with E-state index in [-0.39, 0.29) is 17.2 Å². The summed E-state index contributed by atoms with van der Waals surface area (Å²) >= 11 is 1.13. The number of carbonyl (C=O) groups is 1. The second kappa shape index (κ2) is 7.79. The summed E-state index contributed by atoms with van der Waals surface area (Å²) in [6.07, 6.45) is 0.481. The average Bonchev–Trinajstić information content (AvgIpc) is 2.55. The van der Waals surface area contributed by atoms with Crippen molar-refractivity contribution >= 4 is 23.4 Å². The summed E-state index contributed by atoms with van der Waals surface area (Å²) in [7, 11) is 0. The summed E-state index contributed by atoms with van der Waals surface area (Å²) in [6, 6.07) is 7.56. The van der Waals surface area contributed by atoms with E-state index in [4.69, 9.17) is 5.26 Å². The van der Waals surface area contributed by atoms with E-state index < -0.39 is 5.56 Å². The van der Waals surface area contributed by atoms with Crippen LogP contribution in [0.4, 0.5) is 5.69 Å². The van der Waals surface area contributed by atoms with Gasteiger partial charge in [-0.2, -0.15) is 5.26 Å². The Morgan fingerprint density at radius 2 is 2.12 bits per heavy atom. The van der Waals surface area contributed by atoms with E-state index in [1.54, 1.807) is 0 Å². The number of nitrogens with one attached hydrogen (secondary N) is 2. The number of benzene rings is 1. The Morgan fingerprint density at radius 1 is 1.38 bits per heavy atom. The van der Waals surface area contributed by atoms with Gasteiger partial charge in [0, 0.05) is 5.69 Å². The van der Waals surface area contributed by atoms with Crippen LogP contribution in [0.3, 0.4) is 0 Å². The zero-order valence-electron chi connectivity index (χ0n) is 13.8. The van der Waals surface area contributed by atoms with Gasteiger partial charge in [0.05, 0.1) is 11.4 Å². The third kappa shape index (κ3) is 4.24. The highest BCUT2D eigenvalue weighted by Gasteiger charge is 2.11. The first-order valence-corrected chi connectivity index (χ1v) is 8.46. The molecular formula is C17H18N4O2S. The Labute approximate surface area is 144 Å². The number of aromatic amines is 1. The topological polar surface area (TPSA) is 98.6 Å². The lowest BCUT2D eigenvalue weighted by Crippen LogP contribution is -2.18. The summed E-state index contributed by atoms with van der Waals surface area (Å²) in [4.78, 5) is 30.6. The van der Waals surface area contributed by atoms with E-state index in [9.17, 15) is 9.59 Å². The van der Waals surface area contributed by atoms with Crippen molar-refractivity contribution < 1.29 is 4.79 Å². The van der Waals surface area contributed by atoms with Crippen LogP contribution in [-0.4, -0.2) is 21.6 Å². The number of nitrogens with zero attached hydrogens (tertiary/aromatic N) is 2. The van der Waals surface area contributed by atoms with Crippen molar-refractivity contribution in [3.05, 3.63) is 50.9 Å². The third-order valence-electron chi connectivity index (χ3n) is 3.55. The van der Waals surface area contributed by atoms with Crippen molar-refractivity contribution in [2.24, 2.45) is 0 Å². The van der Waals surface area contributed by atoms with Gasteiger partial charge in [-0.1, -0.05) is 24.8 Å². The van der Waals surface area contributed by atoms with Gasteiger partial charge < -0.3 is 10.3 Å². The minimum absolute atomic E-state index is 0.0291. The summed E-state index contributed by atoms with van der Waals surface area (Å²) in [6.45, 7) is 5.82. The van der Waals surface area contributed by atoms with Gasteiger partial charge in [-0.25, -0.2) is 4.98 Å². The Kier molecular flexibility index (Phi) is 5.77. The minimum atomic E-state index is -0.471. The molecule has 124 valence electrons. The molecule has 0 saturated carbocycles. The molecule has 0 fully saturated rings. The lowest BCUT2D eigenvalue weighted by atomic mass is 10.1. The molecule has 0 radical (unpaired) electrons. The van der Waals surface area contributed by atoms with Gasteiger partial charge in [0.25, 0.3) is 5.56 Å². The predicted octanol–water partition coefficient (Wildman–Crippen LogP) is 2.55. The van der Waals surface area contributed by atoms with Gasteiger partial charge in [-0.15, -0.1) is 0 Å². The molecule has 0 atom stereocenters. The molecule has 2 aromatic rings. The Bertz CT molecular complexity index is 868. The predicted molar refractivity (Wildman–Crippen MR) is 94.2 cm³/mol. The van der Waals surface area contributed by atoms with Crippen LogP contribution in [0.25, 0.3) is 0 Å². The number of H-pyrrole nitrogens is 1. The lowest BCUT2D eigenvalue weighted by molar-refractivity contribution is -0.113.